The number of rotatable bonds is 6. The minimum atomic E-state index is -2.38. The van der Waals surface area contributed by atoms with Gasteiger partial charge in [0, 0.05) is 43.1 Å². The van der Waals surface area contributed by atoms with Crippen LogP contribution in [0.25, 0.3) is 0 Å². The number of methoxy groups -OCH3 is 1. The predicted octanol–water partition coefficient (Wildman–Crippen LogP) is 4.41. The van der Waals surface area contributed by atoms with Gasteiger partial charge in [-0.15, -0.1) is 0 Å². The predicted molar refractivity (Wildman–Crippen MR) is 104 cm³/mol. The van der Waals surface area contributed by atoms with E-state index in [4.69, 9.17) is 4.74 Å². The van der Waals surface area contributed by atoms with Crippen molar-refractivity contribution in [1.82, 2.24) is 9.80 Å². The molecule has 0 radical (unpaired) electrons. The first-order valence-corrected chi connectivity index (χ1v) is 10.9. The molecule has 5 heteroatoms. The number of ether oxygens (including phenoxy) is 1. The molecule has 2 unspecified atom stereocenters. The summed E-state index contributed by atoms with van der Waals surface area (Å²) < 4.78 is 32.5. The van der Waals surface area contributed by atoms with Crippen molar-refractivity contribution in [2.24, 2.45) is 17.3 Å². The monoisotopic (exact) mass is 384 g/mol. The quantitative estimate of drug-likeness (QED) is 0.675. The maximum Gasteiger partial charge on any atom is 0.257 e. The lowest BCUT2D eigenvalue weighted by atomic mass is 9.61. The van der Waals surface area contributed by atoms with Crippen molar-refractivity contribution < 1.29 is 13.5 Å². The van der Waals surface area contributed by atoms with E-state index >= 15 is 0 Å². The summed E-state index contributed by atoms with van der Waals surface area (Å²) in [6.07, 6.45) is 7.76. The Morgan fingerprint density at radius 3 is 1.85 bits per heavy atom. The van der Waals surface area contributed by atoms with E-state index in [9.17, 15) is 8.78 Å². The molecule has 2 aliphatic carbocycles. The summed E-state index contributed by atoms with van der Waals surface area (Å²) in [5.74, 6) is -3.12. The van der Waals surface area contributed by atoms with Crippen molar-refractivity contribution in [3.63, 3.8) is 0 Å². The topological polar surface area (TPSA) is 15.7 Å². The van der Waals surface area contributed by atoms with Crippen LogP contribution in [0.2, 0.25) is 0 Å². The van der Waals surface area contributed by atoms with Crippen molar-refractivity contribution in [3.05, 3.63) is 0 Å². The number of piperidine rings is 2. The van der Waals surface area contributed by atoms with Crippen LogP contribution < -0.4 is 0 Å². The fourth-order valence-corrected chi connectivity index (χ4v) is 6.00. The fraction of sp³-hybridized carbons (Fsp3) is 1.00. The van der Waals surface area contributed by atoms with Gasteiger partial charge in [-0.1, -0.05) is 0 Å². The summed E-state index contributed by atoms with van der Waals surface area (Å²) in [6.45, 7) is 12.8. The van der Waals surface area contributed by atoms with E-state index in [0.717, 1.165) is 12.8 Å². The maximum atomic E-state index is 13.5. The third-order valence-corrected chi connectivity index (χ3v) is 8.74. The highest BCUT2D eigenvalue weighted by Crippen LogP contribution is 2.60. The van der Waals surface area contributed by atoms with Crippen LogP contribution in [0, 0.1) is 17.3 Å². The number of halogens is 2. The Hall–Kier alpha value is -0.260. The number of fused-ring (bicyclic) bond motifs is 1. The van der Waals surface area contributed by atoms with Gasteiger partial charge >= 0.3 is 0 Å². The zero-order chi connectivity index (χ0) is 19.7. The maximum absolute atomic E-state index is 13.5. The lowest BCUT2D eigenvalue weighted by Gasteiger charge is -2.54. The first-order valence-electron chi connectivity index (χ1n) is 10.9. The van der Waals surface area contributed by atoms with Crippen LogP contribution >= 0.6 is 0 Å². The van der Waals surface area contributed by atoms with Gasteiger partial charge in [0.15, 0.2) is 0 Å². The molecule has 0 N–H and O–H groups in total. The molecule has 2 aliphatic heterocycles. The van der Waals surface area contributed by atoms with Gasteiger partial charge < -0.3 is 4.74 Å². The molecule has 2 saturated carbocycles. The zero-order valence-electron chi connectivity index (χ0n) is 17.9. The van der Waals surface area contributed by atoms with Crippen LogP contribution in [0.4, 0.5) is 8.78 Å². The Kier molecular flexibility index (Phi) is 4.72. The molecule has 0 aromatic rings. The molecule has 2 heterocycles. The molecule has 4 aliphatic rings. The molecule has 4 rings (SSSR count). The van der Waals surface area contributed by atoms with E-state index in [1.807, 2.05) is 7.11 Å². The molecular formula is C22H38F2N2O. The Morgan fingerprint density at radius 2 is 1.37 bits per heavy atom. The third kappa shape index (κ3) is 3.46. The van der Waals surface area contributed by atoms with Gasteiger partial charge in [-0.05, 0) is 84.7 Å². The molecule has 0 aromatic heterocycles. The van der Waals surface area contributed by atoms with Crippen molar-refractivity contribution in [3.8, 4) is 0 Å². The molecule has 0 aromatic carbocycles. The first-order chi connectivity index (χ1) is 12.5. The summed E-state index contributed by atoms with van der Waals surface area (Å²) in [5, 5.41) is 0. The van der Waals surface area contributed by atoms with Gasteiger partial charge in [-0.2, -0.15) is 0 Å². The first kappa shape index (κ1) is 20.0. The standard InChI is InChI=1S/C22H38F2N2O/c1-19(2,25-10-8-21(9-11-25)12-16(13-21)27-5)6-7-20(3,4)26-14-17-18(15-26)22(17,23)24/h16-18H,6-15H2,1-5H3. The SMILES string of the molecule is COC1CC2(CCN(C(C)(C)CCC(C)(C)N3CC4C(C3)C4(F)F)CC2)C1. The second-order valence-electron chi connectivity index (χ2n) is 11.2. The molecule has 0 amide bonds. The van der Waals surface area contributed by atoms with Gasteiger partial charge in [0.05, 0.1) is 6.10 Å². The van der Waals surface area contributed by atoms with Crippen LogP contribution in [0.3, 0.4) is 0 Å². The summed E-state index contributed by atoms with van der Waals surface area (Å²) in [5.41, 5.74) is 0.738. The Labute approximate surface area is 163 Å². The highest BCUT2D eigenvalue weighted by molar-refractivity contribution is 5.14. The number of alkyl halides is 2. The van der Waals surface area contributed by atoms with E-state index < -0.39 is 5.92 Å². The second-order valence-corrected chi connectivity index (χ2v) is 11.2. The zero-order valence-corrected chi connectivity index (χ0v) is 17.9. The van der Waals surface area contributed by atoms with E-state index in [1.165, 1.54) is 38.8 Å². The van der Waals surface area contributed by atoms with Crippen molar-refractivity contribution >= 4 is 0 Å². The van der Waals surface area contributed by atoms with Crippen LogP contribution in [0.15, 0.2) is 0 Å². The lowest BCUT2D eigenvalue weighted by molar-refractivity contribution is -0.0991. The van der Waals surface area contributed by atoms with Crippen molar-refractivity contribution in [2.75, 3.05) is 33.3 Å². The van der Waals surface area contributed by atoms with Gasteiger partial charge in [0.25, 0.3) is 5.92 Å². The van der Waals surface area contributed by atoms with Gasteiger partial charge in [-0.3, -0.25) is 9.80 Å². The lowest BCUT2D eigenvalue weighted by Crippen LogP contribution is -2.55. The van der Waals surface area contributed by atoms with Crippen LogP contribution in [-0.4, -0.2) is 66.2 Å². The smallest absolute Gasteiger partial charge is 0.257 e. The molecule has 2 atom stereocenters. The molecule has 0 bridgehead atoms. The Bertz CT molecular complexity index is 547. The summed E-state index contributed by atoms with van der Waals surface area (Å²) in [4.78, 5) is 4.99. The van der Waals surface area contributed by atoms with Crippen LogP contribution in [0.5, 0.6) is 0 Å². The molecular weight excluding hydrogens is 346 g/mol. The molecule has 4 fully saturated rings. The number of hydrogen-bond acceptors (Lipinski definition) is 3. The number of nitrogens with zero attached hydrogens (tertiary/aromatic N) is 2. The van der Waals surface area contributed by atoms with Gasteiger partial charge in [-0.25, -0.2) is 8.78 Å². The Morgan fingerprint density at radius 1 is 0.889 bits per heavy atom. The average molecular weight is 385 g/mol. The van der Waals surface area contributed by atoms with Crippen LogP contribution in [0.1, 0.15) is 66.2 Å². The largest absolute Gasteiger partial charge is 0.381 e. The third-order valence-electron chi connectivity index (χ3n) is 8.74. The molecule has 27 heavy (non-hydrogen) atoms. The number of likely N-dealkylation sites (tertiary alicyclic amines) is 2. The number of hydrogen-bond donors (Lipinski definition) is 0. The van der Waals surface area contributed by atoms with E-state index in [2.05, 4.69) is 37.5 Å². The minimum absolute atomic E-state index is 0.0113. The summed E-state index contributed by atoms with van der Waals surface area (Å²) >= 11 is 0. The summed E-state index contributed by atoms with van der Waals surface area (Å²) in [6, 6.07) is 0. The molecule has 1 spiro atoms. The molecule has 2 saturated heterocycles. The Balaban J connectivity index is 1.25. The highest BCUT2D eigenvalue weighted by atomic mass is 19.3. The molecule has 3 nitrogen and oxygen atoms in total. The molecule has 156 valence electrons. The average Bonchev–Trinajstić information content (AvgIpc) is 2.95. The van der Waals surface area contributed by atoms with E-state index in [-0.39, 0.29) is 22.9 Å². The van der Waals surface area contributed by atoms with Crippen molar-refractivity contribution in [2.45, 2.75) is 89.3 Å². The van der Waals surface area contributed by atoms with Gasteiger partial charge in [0.1, 0.15) is 0 Å². The minimum Gasteiger partial charge on any atom is -0.381 e. The fourth-order valence-electron chi connectivity index (χ4n) is 6.00. The van der Waals surface area contributed by atoms with E-state index in [0.29, 0.717) is 24.6 Å². The summed E-state index contributed by atoms with van der Waals surface area (Å²) in [7, 11) is 1.84. The highest BCUT2D eigenvalue weighted by Gasteiger charge is 2.72. The van der Waals surface area contributed by atoms with Crippen molar-refractivity contribution in [1.29, 1.82) is 0 Å². The van der Waals surface area contributed by atoms with E-state index in [1.54, 1.807) is 0 Å². The second kappa shape index (κ2) is 6.37. The van der Waals surface area contributed by atoms with Crippen LogP contribution in [-0.2, 0) is 4.74 Å². The normalized spacial score (nSPS) is 33.9. The van der Waals surface area contributed by atoms with Gasteiger partial charge in [0.2, 0.25) is 0 Å².